The van der Waals surface area contributed by atoms with Crippen molar-refractivity contribution in [3.63, 3.8) is 0 Å². The smallest absolute Gasteiger partial charge is 0.408 e. The highest BCUT2D eigenvalue weighted by Gasteiger charge is 2.22. The topological polar surface area (TPSA) is 104 Å². The Labute approximate surface area is 169 Å². The number of anilines is 1. The van der Waals surface area contributed by atoms with Gasteiger partial charge in [-0.15, -0.1) is 11.3 Å². The number of thioether (sulfide) groups is 1. The highest BCUT2D eigenvalue weighted by Crippen LogP contribution is 2.21. The van der Waals surface area contributed by atoms with Crippen LogP contribution < -0.4 is 16.4 Å². The van der Waals surface area contributed by atoms with Crippen molar-refractivity contribution in [2.75, 3.05) is 17.3 Å². The molecule has 0 fully saturated rings. The summed E-state index contributed by atoms with van der Waals surface area (Å²) in [6.07, 6.45) is 2.46. The van der Waals surface area contributed by atoms with Crippen molar-refractivity contribution in [1.82, 2.24) is 10.3 Å². The lowest BCUT2D eigenvalue weighted by Gasteiger charge is -2.18. The van der Waals surface area contributed by atoms with Crippen molar-refractivity contribution >= 4 is 51.7 Å². The fourth-order valence-corrected chi connectivity index (χ4v) is 4.09. The minimum absolute atomic E-state index is 0.253. The number of hydrogen-bond donors (Lipinski definition) is 3. The maximum atomic E-state index is 12.8. The first kappa shape index (κ1) is 20.2. The molecular weight excluding hydrogens is 398 g/mol. The van der Waals surface area contributed by atoms with Crippen LogP contribution in [0.15, 0.2) is 33.5 Å². The van der Waals surface area contributed by atoms with Crippen molar-refractivity contribution in [3.05, 3.63) is 50.1 Å². The molecule has 0 aliphatic heterocycles. The summed E-state index contributed by atoms with van der Waals surface area (Å²) >= 11 is 3.02. The minimum Gasteiger partial charge on any atom is -0.408 e. The van der Waals surface area contributed by atoms with E-state index in [4.69, 9.17) is 4.42 Å². The number of H-pyrrole nitrogens is 1. The number of aryl methyl sites for hydroxylation is 2. The van der Waals surface area contributed by atoms with Gasteiger partial charge in [0.1, 0.15) is 6.04 Å². The Morgan fingerprint density at radius 2 is 2.07 bits per heavy atom. The zero-order valence-electron chi connectivity index (χ0n) is 15.8. The number of carbonyl (C=O) groups is 2. The van der Waals surface area contributed by atoms with E-state index in [1.165, 1.54) is 11.3 Å². The molecule has 3 N–H and O–H groups in total. The molecule has 3 aromatic rings. The van der Waals surface area contributed by atoms with E-state index in [-0.39, 0.29) is 11.8 Å². The number of aromatic amines is 1. The second-order valence-corrected chi connectivity index (χ2v) is 8.61. The van der Waals surface area contributed by atoms with E-state index in [2.05, 4.69) is 15.6 Å². The molecule has 28 heavy (non-hydrogen) atoms. The van der Waals surface area contributed by atoms with Crippen LogP contribution in [0.4, 0.5) is 5.69 Å². The largest absolute Gasteiger partial charge is 0.417 e. The van der Waals surface area contributed by atoms with Crippen LogP contribution in [0.2, 0.25) is 0 Å². The molecule has 7 nitrogen and oxygen atoms in total. The molecule has 2 amide bonds. The van der Waals surface area contributed by atoms with Crippen LogP contribution in [0.25, 0.3) is 11.1 Å². The standard InChI is InChI=1S/C19H21N3O4S2/c1-10-8-16(28-11(10)2)18(24)21-13(6-7-27-3)17(23)20-12-4-5-15-14(9-12)22-19(25)26-15/h4-5,8-9,13H,6-7H2,1-3H3,(H,20,23)(H,21,24)(H,22,25). The van der Waals surface area contributed by atoms with E-state index >= 15 is 0 Å². The summed E-state index contributed by atoms with van der Waals surface area (Å²) < 4.78 is 4.96. The first-order valence-corrected chi connectivity index (χ1v) is 10.9. The van der Waals surface area contributed by atoms with Gasteiger partial charge in [-0.1, -0.05) is 0 Å². The Balaban J connectivity index is 1.74. The van der Waals surface area contributed by atoms with Crippen LogP contribution in [-0.4, -0.2) is 34.8 Å². The van der Waals surface area contributed by atoms with Gasteiger partial charge in [-0.2, -0.15) is 11.8 Å². The Morgan fingerprint density at radius 3 is 2.75 bits per heavy atom. The summed E-state index contributed by atoms with van der Waals surface area (Å²) in [6.45, 7) is 3.92. The van der Waals surface area contributed by atoms with Crippen molar-refractivity contribution < 1.29 is 14.0 Å². The van der Waals surface area contributed by atoms with Crippen molar-refractivity contribution in [3.8, 4) is 0 Å². The molecular formula is C19H21N3O4S2. The van der Waals surface area contributed by atoms with Gasteiger partial charge in [0.25, 0.3) is 5.91 Å². The van der Waals surface area contributed by atoms with Crippen LogP contribution in [0.3, 0.4) is 0 Å². The Kier molecular flexibility index (Phi) is 6.25. The number of oxazole rings is 1. The molecule has 0 saturated heterocycles. The Morgan fingerprint density at radius 1 is 1.29 bits per heavy atom. The lowest BCUT2D eigenvalue weighted by Crippen LogP contribution is -2.44. The first-order chi connectivity index (χ1) is 13.4. The molecule has 3 rings (SSSR count). The Bertz CT molecular complexity index is 1050. The number of aromatic nitrogens is 1. The molecule has 2 heterocycles. The average Bonchev–Trinajstić information content (AvgIpc) is 3.19. The summed E-state index contributed by atoms with van der Waals surface area (Å²) in [7, 11) is 0. The predicted octanol–water partition coefficient (Wildman–Crippen LogP) is 3.29. The van der Waals surface area contributed by atoms with Crippen molar-refractivity contribution in [2.24, 2.45) is 0 Å². The zero-order valence-corrected chi connectivity index (χ0v) is 17.4. The number of benzene rings is 1. The molecule has 1 unspecified atom stereocenters. The van der Waals surface area contributed by atoms with Gasteiger partial charge < -0.3 is 15.1 Å². The highest BCUT2D eigenvalue weighted by atomic mass is 32.2. The van der Waals surface area contributed by atoms with Gasteiger partial charge in [-0.05, 0) is 62.1 Å². The lowest BCUT2D eigenvalue weighted by atomic mass is 10.2. The zero-order chi connectivity index (χ0) is 20.3. The fraction of sp³-hybridized carbons (Fsp3) is 0.316. The predicted molar refractivity (Wildman–Crippen MR) is 114 cm³/mol. The third-order valence-electron chi connectivity index (χ3n) is 4.31. The molecule has 0 saturated carbocycles. The summed E-state index contributed by atoms with van der Waals surface area (Å²) in [6, 6.07) is 6.05. The normalized spacial score (nSPS) is 12.1. The quantitative estimate of drug-likeness (QED) is 0.545. The fourth-order valence-electron chi connectivity index (χ4n) is 2.68. The minimum atomic E-state index is -0.665. The lowest BCUT2D eigenvalue weighted by molar-refractivity contribution is -0.118. The Hall–Kier alpha value is -2.52. The molecule has 0 radical (unpaired) electrons. The highest BCUT2D eigenvalue weighted by molar-refractivity contribution is 7.98. The SMILES string of the molecule is CSCCC(NC(=O)c1cc(C)c(C)s1)C(=O)Nc1ccc2oc(=O)[nH]c2c1. The third kappa shape index (κ3) is 4.66. The first-order valence-electron chi connectivity index (χ1n) is 8.68. The van der Waals surface area contributed by atoms with E-state index < -0.39 is 11.8 Å². The molecule has 1 aromatic carbocycles. The van der Waals surface area contributed by atoms with Gasteiger partial charge in [0.05, 0.1) is 10.4 Å². The molecule has 0 bridgehead atoms. The average molecular weight is 420 g/mol. The molecule has 9 heteroatoms. The van der Waals surface area contributed by atoms with E-state index in [0.29, 0.717) is 28.1 Å². The van der Waals surface area contributed by atoms with Crippen LogP contribution in [0, 0.1) is 13.8 Å². The number of hydrogen-bond acceptors (Lipinski definition) is 6. The summed E-state index contributed by atoms with van der Waals surface area (Å²) in [5, 5.41) is 5.64. The number of rotatable bonds is 7. The molecule has 0 aliphatic carbocycles. The molecule has 1 atom stereocenters. The van der Waals surface area contributed by atoms with E-state index in [9.17, 15) is 14.4 Å². The third-order valence-corrected chi connectivity index (χ3v) is 6.10. The van der Waals surface area contributed by atoms with Gasteiger partial charge in [0, 0.05) is 10.6 Å². The van der Waals surface area contributed by atoms with Crippen molar-refractivity contribution in [2.45, 2.75) is 26.3 Å². The maximum absolute atomic E-state index is 12.8. The maximum Gasteiger partial charge on any atom is 0.417 e. The van der Waals surface area contributed by atoms with E-state index in [0.717, 1.165) is 16.2 Å². The van der Waals surface area contributed by atoms with Crippen LogP contribution >= 0.6 is 23.1 Å². The second-order valence-electron chi connectivity index (χ2n) is 6.37. The molecule has 148 valence electrons. The number of thiophene rings is 1. The number of carbonyl (C=O) groups excluding carboxylic acids is 2. The van der Waals surface area contributed by atoms with Crippen LogP contribution in [-0.2, 0) is 4.79 Å². The molecule has 2 aromatic heterocycles. The molecule has 0 aliphatic rings. The summed E-state index contributed by atoms with van der Waals surface area (Å²) in [4.78, 5) is 40.8. The van der Waals surface area contributed by atoms with Crippen LogP contribution in [0.5, 0.6) is 0 Å². The van der Waals surface area contributed by atoms with E-state index in [1.54, 1.807) is 30.0 Å². The number of nitrogens with one attached hydrogen (secondary N) is 3. The second kappa shape index (κ2) is 8.66. The van der Waals surface area contributed by atoms with Gasteiger partial charge in [-0.25, -0.2) is 4.79 Å². The van der Waals surface area contributed by atoms with Crippen molar-refractivity contribution in [1.29, 1.82) is 0 Å². The van der Waals surface area contributed by atoms with Gasteiger partial charge in [0.2, 0.25) is 5.91 Å². The monoisotopic (exact) mass is 419 g/mol. The number of amides is 2. The number of fused-ring (bicyclic) bond motifs is 1. The van der Waals surface area contributed by atoms with Gasteiger partial charge >= 0.3 is 5.76 Å². The summed E-state index contributed by atoms with van der Waals surface area (Å²) in [5.74, 6) is -0.380. The summed E-state index contributed by atoms with van der Waals surface area (Å²) in [5.41, 5.74) is 2.49. The van der Waals surface area contributed by atoms with Gasteiger partial charge in [0.15, 0.2) is 5.58 Å². The van der Waals surface area contributed by atoms with E-state index in [1.807, 2.05) is 26.2 Å². The molecule has 0 spiro atoms. The van der Waals surface area contributed by atoms with Gasteiger partial charge in [-0.3, -0.25) is 14.6 Å². The van der Waals surface area contributed by atoms with Crippen LogP contribution in [0.1, 0.15) is 26.5 Å².